The maximum Gasteiger partial charge on any atom is 0.115 e. The molecule has 0 bridgehead atoms. The molecule has 0 radical (unpaired) electrons. The molecule has 0 spiro atoms. The first-order chi connectivity index (χ1) is 7.50. The normalized spacial score (nSPS) is 24.1. The summed E-state index contributed by atoms with van der Waals surface area (Å²) < 4.78 is 44.3. The molecule has 1 unspecified atom stereocenters. The highest BCUT2D eigenvalue weighted by Gasteiger charge is 1.97. The highest BCUT2D eigenvalue weighted by atomic mass is 79.9. The van der Waals surface area contributed by atoms with Crippen molar-refractivity contribution in [3.63, 3.8) is 0 Å². The van der Waals surface area contributed by atoms with Gasteiger partial charge in [0, 0.05) is 14.2 Å². The summed E-state index contributed by atoms with van der Waals surface area (Å²) in [5.74, 6) is -0.215. The van der Waals surface area contributed by atoms with Crippen LogP contribution in [0.3, 0.4) is 0 Å². The second kappa shape index (κ2) is 5.17. The van der Waals surface area contributed by atoms with Crippen LogP contribution >= 0.6 is 17.0 Å². The summed E-state index contributed by atoms with van der Waals surface area (Å²) in [4.78, 5) is 0. The maximum atomic E-state index is 9.24. The predicted molar refractivity (Wildman–Crippen MR) is 55.8 cm³/mol. The Morgan fingerprint density at radius 2 is 2.58 bits per heavy atom. The number of phenols is 1. The zero-order chi connectivity index (χ0) is 13.5. The first-order valence-corrected chi connectivity index (χ1v) is 3.08. The lowest BCUT2D eigenvalue weighted by atomic mass is 10.1. The molecule has 1 rings (SSSR count). The third kappa shape index (κ3) is 3.74. The second-order valence-corrected chi connectivity index (χ2v) is 2.09. The molecular weight excluding hydrogens is 218 g/mol. The minimum absolute atomic E-state index is 0. The van der Waals surface area contributed by atoms with E-state index in [4.69, 9.17) is 14.0 Å². The number of hydrogen-bond donors (Lipinski definition) is 2. The first-order valence-electron chi connectivity index (χ1n) is 6.08. The fourth-order valence-corrected chi connectivity index (χ4v) is 0.739. The Morgan fingerprint density at radius 3 is 3.17 bits per heavy atom. The summed E-state index contributed by atoms with van der Waals surface area (Å²) in [6.07, 6.45) is -2.61. The van der Waals surface area contributed by atoms with E-state index in [2.05, 4.69) is 0 Å². The van der Waals surface area contributed by atoms with Crippen molar-refractivity contribution in [2.45, 2.75) is 19.2 Å². The van der Waals surface area contributed by atoms with Crippen molar-refractivity contribution in [3.05, 3.63) is 29.8 Å². The van der Waals surface area contributed by atoms with Crippen LogP contribution in [0, 0.1) is 0 Å². The van der Waals surface area contributed by atoms with Crippen molar-refractivity contribution in [2.75, 3.05) is 0 Å². The number of halogens is 1. The minimum Gasteiger partial charge on any atom is -0.508 e. The highest BCUT2D eigenvalue weighted by Crippen LogP contribution is 2.11. The van der Waals surface area contributed by atoms with Gasteiger partial charge in [0.1, 0.15) is 5.75 Å². The summed E-state index contributed by atoms with van der Waals surface area (Å²) in [6.45, 7) is -2.98. The van der Waals surface area contributed by atoms with Crippen LogP contribution in [0.2, 0.25) is 0 Å². The highest BCUT2D eigenvalue weighted by molar-refractivity contribution is 8.93. The topological polar surface area (TPSA) is 46.2 Å². The average Bonchev–Trinajstić information content (AvgIpc) is 2.15. The molecule has 12 heavy (non-hydrogen) atoms. The Labute approximate surface area is 91.6 Å². The van der Waals surface area contributed by atoms with Gasteiger partial charge in [-0.25, -0.2) is 0 Å². The molecule has 1 aromatic carbocycles. The van der Waals surface area contributed by atoms with E-state index in [1.807, 2.05) is 0 Å². The van der Waals surface area contributed by atoms with Crippen molar-refractivity contribution in [2.24, 2.45) is 5.73 Å². The second-order valence-electron chi connectivity index (χ2n) is 2.09. The molecule has 0 fully saturated rings. The van der Waals surface area contributed by atoms with E-state index in [9.17, 15) is 5.11 Å². The van der Waals surface area contributed by atoms with Crippen molar-refractivity contribution in [1.29, 1.82) is 0 Å². The van der Waals surface area contributed by atoms with Crippen LogP contribution in [0.4, 0.5) is 0 Å². The Bertz CT molecular complexity index is 420. The van der Waals surface area contributed by atoms with E-state index in [1.54, 1.807) is 0 Å². The molecule has 0 amide bonds. The summed E-state index contributed by atoms with van der Waals surface area (Å²) in [5, 5.41) is 9.24. The van der Waals surface area contributed by atoms with E-state index in [-0.39, 0.29) is 28.3 Å². The number of aromatic hydroxyl groups is 1. The lowest BCUT2D eigenvalue weighted by Gasteiger charge is -2.04. The lowest BCUT2D eigenvalue weighted by Crippen LogP contribution is -2.17. The fourth-order valence-electron chi connectivity index (χ4n) is 0.739. The lowest BCUT2D eigenvalue weighted by molar-refractivity contribution is 0.474. The van der Waals surface area contributed by atoms with E-state index < -0.39 is 19.2 Å². The molecule has 3 N–H and O–H groups in total. The summed E-state index contributed by atoms with van der Waals surface area (Å²) in [7, 11) is 0. The van der Waals surface area contributed by atoms with Crippen LogP contribution in [0.15, 0.2) is 24.3 Å². The zero-order valence-corrected chi connectivity index (χ0v) is 7.96. The van der Waals surface area contributed by atoms with Crippen molar-refractivity contribution >= 4 is 17.0 Å². The number of nitrogens with two attached hydrogens (primary N) is 1. The zero-order valence-electron chi connectivity index (χ0n) is 12.2. The third-order valence-electron chi connectivity index (χ3n) is 1.13. The molecule has 0 saturated carbocycles. The summed E-state index contributed by atoms with van der Waals surface area (Å²) >= 11 is 0. The Hall–Kier alpha value is -0.540. The van der Waals surface area contributed by atoms with Gasteiger partial charge in [0.25, 0.3) is 0 Å². The molecule has 0 aliphatic heterocycles. The predicted octanol–water partition coefficient (Wildman–Crippen LogP) is 1.86. The Balaban J connectivity index is 0.00000289. The van der Waals surface area contributed by atoms with E-state index >= 15 is 0 Å². The van der Waals surface area contributed by atoms with Gasteiger partial charge in [-0.05, 0) is 30.9 Å². The van der Waals surface area contributed by atoms with Gasteiger partial charge < -0.3 is 10.8 Å². The number of phenolic OH excluding ortho intramolecular Hbond substituents is 1. The van der Waals surface area contributed by atoms with Gasteiger partial charge in [-0.3, -0.25) is 0 Å². The van der Waals surface area contributed by atoms with Gasteiger partial charge >= 0.3 is 0 Å². The van der Waals surface area contributed by atoms with Crippen LogP contribution in [0.1, 0.15) is 20.6 Å². The molecule has 1 atom stereocenters. The Kier molecular flexibility index (Phi) is 1.99. The van der Waals surface area contributed by atoms with Crippen LogP contribution in [-0.2, 0) is 6.37 Å². The minimum atomic E-state index is -2.98. The van der Waals surface area contributed by atoms with Crippen LogP contribution < -0.4 is 5.73 Å². The maximum absolute atomic E-state index is 9.24. The fraction of sp³-hybridized carbons (Fsp3) is 0.333. The summed E-state index contributed by atoms with van der Waals surface area (Å²) in [6, 6.07) is 2.21. The molecule has 0 saturated heterocycles. The van der Waals surface area contributed by atoms with Crippen molar-refractivity contribution < 1.29 is 13.3 Å². The van der Waals surface area contributed by atoms with Crippen LogP contribution in [-0.4, -0.2) is 11.1 Å². The standard InChI is InChI=1S/C9H13NO.BrH/c1-7(10)5-8-3-2-4-9(11)6-8;/h2-4,6-7,11H,5,10H2,1H3;1H/i1D3,5D2,7D;. The monoisotopic (exact) mass is 237 g/mol. The molecule has 0 aliphatic carbocycles. The molecule has 0 heterocycles. The number of benzene rings is 1. The van der Waals surface area contributed by atoms with Crippen molar-refractivity contribution in [3.8, 4) is 5.75 Å². The molecule has 1 aromatic rings. The van der Waals surface area contributed by atoms with Gasteiger partial charge in [0.05, 0.1) is 0 Å². The van der Waals surface area contributed by atoms with Crippen LogP contribution in [0.25, 0.3) is 0 Å². The first kappa shape index (κ1) is 4.63. The number of rotatable bonds is 2. The Morgan fingerprint density at radius 1 is 1.83 bits per heavy atom. The number of hydrogen-bond acceptors (Lipinski definition) is 2. The van der Waals surface area contributed by atoms with Gasteiger partial charge in [-0.1, -0.05) is 12.1 Å². The quantitative estimate of drug-likeness (QED) is 0.826. The SMILES string of the molecule is Br.[2H]C([2H])([2H])C([2H])(N)C([2H])([2H])c1cccc(O)c1. The van der Waals surface area contributed by atoms with Crippen LogP contribution in [0.5, 0.6) is 5.75 Å². The van der Waals surface area contributed by atoms with E-state index in [1.165, 1.54) is 18.2 Å². The van der Waals surface area contributed by atoms with E-state index in [0.29, 0.717) is 0 Å². The van der Waals surface area contributed by atoms with Gasteiger partial charge in [0.2, 0.25) is 0 Å². The smallest absolute Gasteiger partial charge is 0.115 e. The molecule has 3 heteroatoms. The third-order valence-corrected chi connectivity index (χ3v) is 1.13. The van der Waals surface area contributed by atoms with Crippen molar-refractivity contribution in [1.82, 2.24) is 0 Å². The van der Waals surface area contributed by atoms with Gasteiger partial charge in [-0.15, -0.1) is 17.0 Å². The van der Waals surface area contributed by atoms with Gasteiger partial charge in [0.15, 0.2) is 0 Å². The molecule has 0 aliphatic rings. The molecule has 0 aromatic heterocycles. The largest absolute Gasteiger partial charge is 0.508 e. The molecule has 2 nitrogen and oxygen atoms in total. The van der Waals surface area contributed by atoms with Gasteiger partial charge in [-0.2, -0.15) is 0 Å². The van der Waals surface area contributed by atoms with E-state index in [0.717, 1.165) is 6.07 Å². The average molecular weight is 238 g/mol. The molecule has 68 valence electrons. The molecular formula is C9H14BrNO. The summed E-state index contributed by atoms with van der Waals surface area (Å²) in [5.41, 5.74) is 5.15.